The summed E-state index contributed by atoms with van der Waals surface area (Å²) in [5.41, 5.74) is 1.14. The summed E-state index contributed by atoms with van der Waals surface area (Å²) in [6.07, 6.45) is 0.459. The molecule has 0 bridgehead atoms. The van der Waals surface area contributed by atoms with Gasteiger partial charge >= 0.3 is 0 Å². The third-order valence-corrected chi connectivity index (χ3v) is 6.41. The van der Waals surface area contributed by atoms with Crippen molar-refractivity contribution in [3.63, 3.8) is 0 Å². The van der Waals surface area contributed by atoms with Gasteiger partial charge in [-0.15, -0.1) is 0 Å². The minimum Gasteiger partial charge on any atom is -0.484 e. The van der Waals surface area contributed by atoms with Crippen LogP contribution in [0.4, 0.5) is 0 Å². The first-order chi connectivity index (χ1) is 12.9. The number of ketones is 1. The predicted octanol–water partition coefficient (Wildman–Crippen LogP) is 1.94. The second-order valence-electron chi connectivity index (χ2n) is 6.57. The number of hydrogen-bond acceptors (Lipinski definition) is 5. The monoisotopic (exact) mass is 387 g/mol. The molecule has 0 spiro atoms. The van der Waals surface area contributed by atoms with Crippen molar-refractivity contribution in [2.45, 2.75) is 12.5 Å². The molecule has 0 saturated carbocycles. The molecule has 1 saturated heterocycles. The Balaban J connectivity index is 1.56. The number of ether oxygens (including phenoxy) is 1. The standard InChI is InChI=1S/C20H21NO5S/c1-21(17-11-12-27(24,25)14-17)19(22)13-26-18-9-7-16(8-10-18)20(23)15-5-3-2-4-6-15/h2-10,17H,11-14H2,1H3/t17-/m1/s1. The molecule has 0 N–H and O–H groups in total. The fourth-order valence-corrected chi connectivity index (χ4v) is 4.76. The lowest BCUT2D eigenvalue weighted by atomic mass is 10.0. The molecule has 0 aromatic heterocycles. The van der Waals surface area contributed by atoms with E-state index in [9.17, 15) is 18.0 Å². The van der Waals surface area contributed by atoms with Gasteiger partial charge in [0.25, 0.3) is 5.91 Å². The topological polar surface area (TPSA) is 80.8 Å². The summed E-state index contributed by atoms with van der Waals surface area (Å²) in [6.45, 7) is -0.182. The van der Waals surface area contributed by atoms with E-state index < -0.39 is 9.84 Å². The van der Waals surface area contributed by atoms with E-state index in [0.29, 0.717) is 23.3 Å². The van der Waals surface area contributed by atoms with Gasteiger partial charge in [-0.05, 0) is 30.7 Å². The summed E-state index contributed by atoms with van der Waals surface area (Å²) in [7, 11) is -1.45. The summed E-state index contributed by atoms with van der Waals surface area (Å²) in [5, 5.41) is 0. The van der Waals surface area contributed by atoms with Crippen LogP contribution in [0.3, 0.4) is 0 Å². The van der Waals surface area contributed by atoms with E-state index >= 15 is 0 Å². The number of rotatable bonds is 6. The van der Waals surface area contributed by atoms with Gasteiger partial charge in [0.15, 0.2) is 22.2 Å². The van der Waals surface area contributed by atoms with E-state index in [-0.39, 0.29) is 35.8 Å². The number of nitrogens with zero attached hydrogens (tertiary/aromatic N) is 1. The summed E-state index contributed by atoms with van der Waals surface area (Å²) < 4.78 is 28.6. The third-order valence-electron chi connectivity index (χ3n) is 4.66. The van der Waals surface area contributed by atoms with Crippen molar-refractivity contribution in [1.82, 2.24) is 4.90 Å². The van der Waals surface area contributed by atoms with Crippen molar-refractivity contribution in [2.75, 3.05) is 25.2 Å². The average Bonchev–Trinajstić information content (AvgIpc) is 3.05. The Morgan fingerprint density at radius 1 is 1.04 bits per heavy atom. The Morgan fingerprint density at radius 3 is 2.26 bits per heavy atom. The number of benzene rings is 2. The van der Waals surface area contributed by atoms with Gasteiger partial charge in [0, 0.05) is 24.2 Å². The van der Waals surface area contributed by atoms with Crippen LogP contribution in [0, 0.1) is 0 Å². The maximum Gasteiger partial charge on any atom is 0.260 e. The first kappa shape index (κ1) is 19.1. The van der Waals surface area contributed by atoms with E-state index in [0.717, 1.165) is 0 Å². The Morgan fingerprint density at radius 2 is 1.67 bits per heavy atom. The normalized spacial score (nSPS) is 18.0. The molecule has 3 rings (SSSR count). The SMILES string of the molecule is CN(C(=O)COc1ccc(C(=O)c2ccccc2)cc1)[C@@H]1CCS(=O)(=O)C1. The van der Waals surface area contributed by atoms with Gasteiger partial charge in [0.1, 0.15) is 5.75 Å². The van der Waals surface area contributed by atoms with E-state index in [4.69, 9.17) is 4.74 Å². The lowest BCUT2D eigenvalue weighted by Gasteiger charge is -2.23. The second-order valence-corrected chi connectivity index (χ2v) is 8.80. The Labute approximate surface area is 158 Å². The zero-order valence-corrected chi connectivity index (χ0v) is 15.8. The maximum atomic E-state index is 12.4. The number of carbonyl (C=O) groups is 2. The molecule has 0 radical (unpaired) electrons. The van der Waals surface area contributed by atoms with Crippen molar-refractivity contribution in [1.29, 1.82) is 0 Å². The quantitative estimate of drug-likeness (QED) is 0.708. The number of hydrogen-bond donors (Lipinski definition) is 0. The molecule has 0 aliphatic carbocycles. The first-order valence-corrected chi connectivity index (χ1v) is 10.5. The lowest BCUT2D eigenvalue weighted by Crippen LogP contribution is -2.40. The highest BCUT2D eigenvalue weighted by Gasteiger charge is 2.32. The van der Waals surface area contributed by atoms with Crippen LogP contribution in [-0.4, -0.2) is 56.2 Å². The van der Waals surface area contributed by atoms with Crippen LogP contribution in [0.5, 0.6) is 5.75 Å². The lowest BCUT2D eigenvalue weighted by molar-refractivity contribution is -0.133. The van der Waals surface area contributed by atoms with Crippen LogP contribution in [0.25, 0.3) is 0 Å². The predicted molar refractivity (Wildman–Crippen MR) is 102 cm³/mol. The van der Waals surface area contributed by atoms with E-state index in [1.807, 2.05) is 18.2 Å². The van der Waals surface area contributed by atoms with Crippen LogP contribution in [-0.2, 0) is 14.6 Å². The smallest absolute Gasteiger partial charge is 0.260 e. The molecule has 2 aromatic carbocycles. The van der Waals surface area contributed by atoms with Crippen molar-refractivity contribution in [2.24, 2.45) is 0 Å². The molecule has 1 amide bonds. The Kier molecular flexibility index (Phi) is 5.60. The highest BCUT2D eigenvalue weighted by molar-refractivity contribution is 7.91. The first-order valence-electron chi connectivity index (χ1n) is 8.64. The van der Waals surface area contributed by atoms with Gasteiger partial charge in [0.05, 0.1) is 11.5 Å². The summed E-state index contributed by atoms with van der Waals surface area (Å²) in [5.74, 6) is 0.237. The molecular weight excluding hydrogens is 366 g/mol. The molecule has 6 nitrogen and oxygen atoms in total. The molecule has 1 heterocycles. The molecule has 2 aromatic rings. The summed E-state index contributed by atoms with van der Waals surface area (Å²) in [6, 6.07) is 15.3. The highest BCUT2D eigenvalue weighted by atomic mass is 32.2. The van der Waals surface area contributed by atoms with Crippen molar-refractivity contribution in [3.8, 4) is 5.75 Å². The van der Waals surface area contributed by atoms with Crippen LogP contribution in [0.2, 0.25) is 0 Å². The molecule has 1 aliphatic heterocycles. The number of sulfone groups is 1. The fraction of sp³-hybridized carbons (Fsp3) is 0.300. The number of likely N-dealkylation sites (N-methyl/N-ethyl adjacent to an activating group) is 1. The number of amides is 1. The van der Waals surface area contributed by atoms with Gasteiger partial charge in [-0.25, -0.2) is 8.42 Å². The van der Waals surface area contributed by atoms with Gasteiger partial charge in [0.2, 0.25) is 0 Å². The van der Waals surface area contributed by atoms with Gasteiger partial charge in [-0.3, -0.25) is 9.59 Å². The van der Waals surface area contributed by atoms with E-state index in [1.54, 1.807) is 43.4 Å². The molecule has 142 valence electrons. The second kappa shape index (κ2) is 7.92. The Hall–Kier alpha value is -2.67. The molecule has 0 unspecified atom stereocenters. The zero-order chi connectivity index (χ0) is 19.4. The largest absolute Gasteiger partial charge is 0.484 e. The van der Waals surface area contributed by atoms with Crippen LogP contribution in [0.1, 0.15) is 22.3 Å². The fourth-order valence-electron chi connectivity index (χ4n) is 2.99. The average molecular weight is 387 g/mol. The van der Waals surface area contributed by atoms with Crippen molar-refractivity contribution >= 4 is 21.5 Å². The van der Waals surface area contributed by atoms with E-state index in [1.165, 1.54) is 4.90 Å². The van der Waals surface area contributed by atoms with Gasteiger partial charge in [-0.2, -0.15) is 0 Å². The summed E-state index contributed by atoms with van der Waals surface area (Å²) in [4.78, 5) is 26.0. The maximum absolute atomic E-state index is 12.4. The van der Waals surface area contributed by atoms with Gasteiger partial charge < -0.3 is 9.64 Å². The summed E-state index contributed by atoms with van der Waals surface area (Å²) >= 11 is 0. The van der Waals surface area contributed by atoms with Crippen LogP contribution >= 0.6 is 0 Å². The minimum atomic E-state index is -3.04. The molecule has 1 fully saturated rings. The zero-order valence-electron chi connectivity index (χ0n) is 15.0. The number of carbonyl (C=O) groups excluding carboxylic acids is 2. The van der Waals surface area contributed by atoms with Crippen molar-refractivity contribution < 1.29 is 22.7 Å². The molecule has 7 heteroatoms. The third kappa shape index (κ3) is 4.74. The van der Waals surface area contributed by atoms with Gasteiger partial charge in [-0.1, -0.05) is 30.3 Å². The van der Waals surface area contributed by atoms with Crippen molar-refractivity contribution in [3.05, 3.63) is 65.7 Å². The minimum absolute atomic E-state index is 0.00549. The molecule has 1 aliphatic rings. The molecular formula is C20H21NO5S. The highest BCUT2D eigenvalue weighted by Crippen LogP contribution is 2.18. The van der Waals surface area contributed by atoms with Crippen LogP contribution in [0.15, 0.2) is 54.6 Å². The Bertz CT molecular complexity index is 923. The van der Waals surface area contributed by atoms with Crippen LogP contribution < -0.4 is 4.74 Å². The molecule has 1 atom stereocenters. The molecule has 27 heavy (non-hydrogen) atoms. The van der Waals surface area contributed by atoms with E-state index in [2.05, 4.69) is 0 Å².